The number of hydrogen-bond acceptors (Lipinski definition) is 6. The summed E-state index contributed by atoms with van der Waals surface area (Å²) in [7, 11) is 0. The van der Waals surface area contributed by atoms with Gasteiger partial charge < -0.3 is 31.9 Å². The number of carboxylic acids is 1. The van der Waals surface area contributed by atoms with Gasteiger partial charge in [-0.05, 0) is 17.9 Å². The molecule has 1 aromatic rings. The summed E-state index contributed by atoms with van der Waals surface area (Å²) >= 11 is 0. The molecule has 0 saturated heterocycles. The lowest BCUT2D eigenvalue weighted by atomic mass is 10.0. The van der Waals surface area contributed by atoms with Crippen LogP contribution >= 0.6 is 0 Å². The van der Waals surface area contributed by atoms with Crippen LogP contribution in [-0.4, -0.2) is 65.2 Å². The topological polar surface area (TPSA) is 171 Å². The van der Waals surface area contributed by atoms with E-state index in [9.17, 15) is 24.3 Å². The van der Waals surface area contributed by atoms with Crippen molar-refractivity contribution in [1.29, 1.82) is 0 Å². The summed E-state index contributed by atoms with van der Waals surface area (Å²) in [5.41, 5.74) is 6.69. The molecule has 10 nitrogen and oxygen atoms in total. The number of rotatable bonds is 11. The van der Waals surface area contributed by atoms with Crippen LogP contribution in [0.3, 0.4) is 0 Å². The SMILES string of the molecule is CC(C)[C@H](NC(=O)[C@H](CO)NC(=O)CNC(=O)[C@@H](N)Cc1ccccc1)C(=O)O. The van der Waals surface area contributed by atoms with Crippen LogP contribution < -0.4 is 21.7 Å². The van der Waals surface area contributed by atoms with Gasteiger partial charge in [-0.15, -0.1) is 0 Å². The maximum absolute atomic E-state index is 12.1. The fourth-order valence-electron chi connectivity index (χ4n) is 2.47. The van der Waals surface area contributed by atoms with Crippen molar-refractivity contribution >= 4 is 23.7 Å². The molecule has 0 saturated carbocycles. The number of benzene rings is 1. The van der Waals surface area contributed by atoms with Crippen molar-refractivity contribution in [2.45, 2.75) is 38.4 Å². The number of amides is 3. The van der Waals surface area contributed by atoms with Crippen LogP contribution in [0.25, 0.3) is 0 Å². The lowest BCUT2D eigenvalue weighted by molar-refractivity contribution is -0.143. The van der Waals surface area contributed by atoms with Crippen molar-refractivity contribution in [3.05, 3.63) is 35.9 Å². The van der Waals surface area contributed by atoms with Crippen LogP contribution in [0.4, 0.5) is 0 Å². The molecule has 0 heterocycles. The van der Waals surface area contributed by atoms with E-state index < -0.39 is 60.9 Å². The smallest absolute Gasteiger partial charge is 0.326 e. The molecule has 0 spiro atoms. The first-order valence-corrected chi connectivity index (χ1v) is 9.16. The maximum atomic E-state index is 12.1. The molecule has 3 amide bonds. The highest BCUT2D eigenvalue weighted by Crippen LogP contribution is 2.03. The monoisotopic (exact) mass is 408 g/mol. The van der Waals surface area contributed by atoms with Gasteiger partial charge in [-0.25, -0.2) is 4.79 Å². The van der Waals surface area contributed by atoms with Gasteiger partial charge in [0.2, 0.25) is 17.7 Å². The standard InChI is InChI=1S/C19H28N4O6/c1-11(2)16(19(28)29)23-18(27)14(10-24)22-15(25)9-21-17(26)13(20)8-12-6-4-3-5-7-12/h3-7,11,13-14,16,24H,8-10,20H2,1-2H3,(H,21,26)(H,22,25)(H,23,27)(H,28,29)/t13-,14-,16-/m0/s1. The van der Waals surface area contributed by atoms with Crippen molar-refractivity contribution in [1.82, 2.24) is 16.0 Å². The van der Waals surface area contributed by atoms with Crippen molar-refractivity contribution in [3.63, 3.8) is 0 Å². The summed E-state index contributed by atoms with van der Waals surface area (Å²) in [6.07, 6.45) is 0.293. The lowest BCUT2D eigenvalue weighted by Crippen LogP contribution is -2.56. The van der Waals surface area contributed by atoms with Crippen molar-refractivity contribution in [3.8, 4) is 0 Å². The van der Waals surface area contributed by atoms with E-state index in [1.54, 1.807) is 13.8 Å². The predicted molar refractivity (Wildman–Crippen MR) is 105 cm³/mol. The van der Waals surface area contributed by atoms with Crippen LogP contribution in [0.15, 0.2) is 30.3 Å². The van der Waals surface area contributed by atoms with E-state index in [0.29, 0.717) is 6.42 Å². The zero-order chi connectivity index (χ0) is 22.0. The first kappa shape index (κ1) is 24.1. The summed E-state index contributed by atoms with van der Waals surface area (Å²) in [6.45, 7) is 2.04. The molecule has 0 unspecified atom stereocenters. The van der Waals surface area contributed by atoms with Crippen LogP contribution in [0.2, 0.25) is 0 Å². The minimum absolute atomic E-state index is 0.293. The first-order valence-electron chi connectivity index (χ1n) is 9.16. The summed E-state index contributed by atoms with van der Waals surface area (Å²) in [6, 6.07) is 5.76. The Kier molecular flexibility index (Phi) is 9.76. The molecular weight excluding hydrogens is 380 g/mol. The zero-order valence-electron chi connectivity index (χ0n) is 16.4. The average molecular weight is 408 g/mol. The van der Waals surface area contributed by atoms with E-state index in [0.717, 1.165) is 5.56 Å². The molecule has 0 bridgehead atoms. The minimum atomic E-state index is -1.35. The van der Waals surface area contributed by atoms with Crippen LogP contribution in [0.5, 0.6) is 0 Å². The number of nitrogens with two attached hydrogens (primary N) is 1. The highest BCUT2D eigenvalue weighted by Gasteiger charge is 2.28. The summed E-state index contributed by atoms with van der Waals surface area (Å²) in [4.78, 5) is 47.3. The number of aliphatic hydroxyl groups excluding tert-OH is 1. The second-order valence-corrected chi connectivity index (χ2v) is 6.89. The first-order chi connectivity index (χ1) is 13.6. The number of aliphatic hydroxyl groups is 1. The highest BCUT2D eigenvalue weighted by atomic mass is 16.4. The van der Waals surface area contributed by atoms with E-state index in [4.69, 9.17) is 10.8 Å². The number of carbonyl (C=O) groups excluding carboxylic acids is 3. The van der Waals surface area contributed by atoms with Gasteiger partial charge in [-0.3, -0.25) is 14.4 Å². The number of carbonyl (C=O) groups is 4. The lowest BCUT2D eigenvalue weighted by Gasteiger charge is -2.22. The van der Waals surface area contributed by atoms with E-state index in [1.165, 1.54) is 0 Å². The second-order valence-electron chi connectivity index (χ2n) is 6.89. The molecule has 1 aromatic carbocycles. The zero-order valence-corrected chi connectivity index (χ0v) is 16.4. The van der Waals surface area contributed by atoms with Gasteiger partial charge in [0, 0.05) is 0 Å². The highest BCUT2D eigenvalue weighted by molar-refractivity contribution is 5.92. The molecule has 0 radical (unpaired) electrons. The van der Waals surface area contributed by atoms with Gasteiger partial charge in [0.1, 0.15) is 12.1 Å². The normalized spacial score (nSPS) is 13.8. The Morgan fingerprint density at radius 2 is 1.66 bits per heavy atom. The fourth-order valence-corrected chi connectivity index (χ4v) is 2.47. The predicted octanol–water partition coefficient (Wildman–Crippen LogP) is -1.62. The van der Waals surface area contributed by atoms with Gasteiger partial charge in [0.25, 0.3) is 0 Å². The summed E-state index contributed by atoms with van der Waals surface area (Å²) in [5, 5.41) is 25.3. The summed E-state index contributed by atoms with van der Waals surface area (Å²) < 4.78 is 0. The third-order valence-corrected chi connectivity index (χ3v) is 4.12. The Bertz CT molecular complexity index is 710. The Morgan fingerprint density at radius 1 is 1.03 bits per heavy atom. The molecule has 0 aromatic heterocycles. The Morgan fingerprint density at radius 3 is 2.17 bits per heavy atom. The van der Waals surface area contributed by atoms with Gasteiger partial charge in [0.15, 0.2) is 0 Å². The molecule has 7 N–H and O–H groups in total. The van der Waals surface area contributed by atoms with Gasteiger partial charge in [-0.1, -0.05) is 44.2 Å². The molecule has 3 atom stereocenters. The van der Waals surface area contributed by atoms with Gasteiger partial charge in [-0.2, -0.15) is 0 Å². The second kappa shape index (κ2) is 11.8. The number of hydrogen-bond donors (Lipinski definition) is 6. The van der Waals surface area contributed by atoms with Crippen molar-refractivity contribution < 1.29 is 29.4 Å². The van der Waals surface area contributed by atoms with Gasteiger partial charge >= 0.3 is 5.97 Å². The fraction of sp³-hybridized carbons (Fsp3) is 0.474. The number of nitrogens with one attached hydrogen (secondary N) is 3. The molecule has 29 heavy (non-hydrogen) atoms. The van der Waals surface area contributed by atoms with Crippen LogP contribution in [-0.2, 0) is 25.6 Å². The molecule has 10 heteroatoms. The number of carboxylic acid groups (broad SMARTS) is 1. The van der Waals surface area contributed by atoms with Crippen molar-refractivity contribution in [2.75, 3.05) is 13.2 Å². The third-order valence-electron chi connectivity index (χ3n) is 4.12. The molecular formula is C19H28N4O6. The van der Waals surface area contributed by atoms with Crippen LogP contribution in [0.1, 0.15) is 19.4 Å². The van der Waals surface area contributed by atoms with E-state index in [-0.39, 0.29) is 0 Å². The quantitative estimate of drug-likeness (QED) is 0.255. The Hall–Kier alpha value is -2.98. The Balaban J connectivity index is 2.51. The van der Waals surface area contributed by atoms with E-state index in [2.05, 4.69) is 16.0 Å². The molecule has 160 valence electrons. The largest absolute Gasteiger partial charge is 0.480 e. The third kappa shape index (κ3) is 8.28. The maximum Gasteiger partial charge on any atom is 0.326 e. The molecule has 0 aliphatic carbocycles. The van der Waals surface area contributed by atoms with E-state index in [1.807, 2.05) is 30.3 Å². The molecule has 0 fully saturated rings. The molecule has 1 rings (SSSR count). The average Bonchev–Trinajstić information content (AvgIpc) is 2.68. The minimum Gasteiger partial charge on any atom is -0.480 e. The van der Waals surface area contributed by atoms with Gasteiger partial charge in [0.05, 0.1) is 19.2 Å². The number of aliphatic carboxylic acids is 1. The molecule has 0 aliphatic rings. The van der Waals surface area contributed by atoms with Crippen molar-refractivity contribution in [2.24, 2.45) is 11.7 Å². The van der Waals surface area contributed by atoms with E-state index >= 15 is 0 Å². The van der Waals surface area contributed by atoms with Crippen LogP contribution in [0, 0.1) is 5.92 Å². The Labute approximate surface area is 168 Å². The molecule has 0 aliphatic heterocycles. The summed E-state index contributed by atoms with van der Waals surface area (Å²) in [5.74, 6) is -3.72.